The molecule has 4 rings (SSSR count). The molecule has 34 heavy (non-hydrogen) atoms. The first-order valence-corrected chi connectivity index (χ1v) is 10.3. The number of rotatable bonds is 6. The molecule has 5 atom stereocenters. The summed E-state index contributed by atoms with van der Waals surface area (Å²) in [5, 5.41) is 48.7. The van der Waals surface area contributed by atoms with Crippen LogP contribution in [0.15, 0.2) is 39.5 Å². The third kappa shape index (κ3) is 4.15. The molecule has 0 saturated carbocycles. The Hall–Kier alpha value is -3.35. The van der Waals surface area contributed by atoms with Gasteiger partial charge in [-0.05, 0) is 30.2 Å². The maximum Gasteiger partial charge on any atom is 0.335 e. The number of fused-ring (bicyclic) bond motifs is 2. The van der Waals surface area contributed by atoms with Crippen molar-refractivity contribution >= 4 is 33.9 Å². The van der Waals surface area contributed by atoms with E-state index in [-0.39, 0.29) is 40.4 Å². The zero-order valence-electron chi connectivity index (χ0n) is 17.9. The Bertz CT molecular complexity index is 1330. The molecule has 0 bridgehead atoms. The molecule has 0 spiro atoms. The zero-order valence-corrected chi connectivity index (χ0v) is 17.9. The Labute approximate surface area is 191 Å². The van der Waals surface area contributed by atoms with Crippen molar-refractivity contribution in [3.63, 3.8) is 0 Å². The van der Waals surface area contributed by atoms with Gasteiger partial charge in [0.1, 0.15) is 29.5 Å². The Kier molecular flexibility index (Phi) is 6.39. The van der Waals surface area contributed by atoms with Crippen molar-refractivity contribution in [2.24, 2.45) is 0 Å². The minimum atomic E-state index is -1.84. The third-order valence-electron chi connectivity index (χ3n) is 5.87. The predicted molar refractivity (Wildman–Crippen MR) is 115 cm³/mol. The van der Waals surface area contributed by atoms with E-state index in [1.807, 2.05) is 0 Å². The van der Waals surface area contributed by atoms with Crippen LogP contribution < -0.4 is 5.43 Å². The summed E-state index contributed by atoms with van der Waals surface area (Å²) in [6.45, 7) is 1.45. The van der Waals surface area contributed by atoms with Gasteiger partial charge in [0.25, 0.3) is 0 Å². The smallest absolute Gasteiger partial charge is 0.335 e. The van der Waals surface area contributed by atoms with Crippen molar-refractivity contribution in [1.29, 1.82) is 0 Å². The van der Waals surface area contributed by atoms with E-state index in [9.17, 15) is 34.8 Å². The Morgan fingerprint density at radius 2 is 1.65 bits per heavy atom. The van der Waals surface area contributed by atoms with Gasteiger partial charge in [-0.15, -0.1) is 0 Å². The molecule has 2 heterocycles. The topological polar surface area (TPSA) is 184 Å². The molecule has 0 amide bonds. The van der Waals surface area contributed by atoms with Gasteiger partial charge in [-0.1, -0.05) is 18.2 Å². The first-order chi connectivity index (χ1) is 16.1. The SMILES string of the molecule is Cc1c(COC2O[C@H](C(=O)O)[C@@H](O)[C@H](O)[C@H]2O)ccc2c(=O)c3cccc(CC(=O)O)c3oc12. The summed E-state index contributed by atoms with van der Waals surface area (Å²) in [5.41, 5.74) is 1.41. The van der Waals surface area contributed by atoms with Crippen LogP contribution >= 0.6 is 0 Å². The molecule has 1 unspecified atom stereocenters. The van der Waals surface area contributed by atoms with Gasteiger partial charge in [0.2, 0.25) is 5.43 Å². The van der Waals surface area contributed by atoms with Crippen LogP contribution in [0.4, 0.5) is 0 Å². The molecule has 2 aromatic carbocycles. The number of hydrogen-bond acceptors (Lipinski definition) is 9. The van der Waals surface area contributed by atoms with Gasteiger partial charge >= 0.3 is 11.9 Å². The molecule has 11 heteroatoms. The molecule has 1 aliphatic rings. The van der Waals surface area contributed by atoms with E-state index in [0.717, 1.165) is 0 Å². The summed E-state index contributed by atoms with van der Waals surface area (Å²) in [6, 6.07) is 7.82. The highest BCUT2D eigenvalue weighted by Crippen LogP contribution is 2.28. The highest BCUT2D eigenvalue weighted by atomic mass is 16.7. The highest BCUT2D eigenvalue weighted by molar-refractivity contribution is 5.93. The van der Waals surface area contributed by atoms with Gasteiger partial charge in [0, 0.05) is 5.56 Å². The number of carboxylic acid groups (broad SMARTS) is 2. The maximum atomic E-state index is 13.0. The van der Waals surface area contributed by atoms with Gasteiger partial charge < -0.3 is 39.4 Å². The molecular formula is C23H22O11. The monoisotopic (exact) mass is 474 g/mol. The molecule has 1 saturated heterocycles. The van der Waals surface area contributed by atoms with Crippen molar-refractivity contribution in [1.82, 2.24) is 0 Å². The number of carboxylic acids is 2. The summed E-state index contributed by atoms with van der Waals surface area (Å²) < 4.78 is 16.6. The molecule has 1 aliphatic heterocycles. The number of benzene rings is 2. The van der Waals surface area contributed by atoms with Crippen LogP contribution in [0.25, 0.3) is 21.9 Å². The van der Waals surface area contributed by atoms with E-state index in [1.54, 1.807) is 31.2 Å². The summed E-state index contributed by atoms with van der Waals surface area (Å²) in [4.78, 5) is 35.5. The van der Waals surface area contributed by atoms with E-state index in [2.05, 4.69) is 0 Å². The van der Waals surface area contributed by atoms with Crippen LogP contribution in [-0.4, -0.2) is 68.2 Å². The quantitative estimate of drug-likeness (QED) is 0.309. The number of aliphatic hydroxyl groups is 3. The first-order valence-electron chi connectivity index (χ1n) is 10.3. The lowest BCUT2D eigenvalue weighted by molar-refractivity contribution is -0.297. The first kappa shape index (κ1) is 23.8. The second-order valence-electron chi connectivity index (χ2n) is 8.07. The Balaban J connectivity index is 1.68. The average molecular weight is 474 g/mol. The van der Waals surface area contributed by atoms with Crippen LogP contribution in [0, 0.1) is 6.92 Å². The van der Waals surface area contributed by atoms with E-state index < -0.39 is 42.6 Å². The van der Waals surface area contributed by atoms with Crippen molar-refractivity contribution in [3.8, 4) is 0 Å². The van der Waals surface area contributed by atoms with Crippen molar-refractivity contribution < 1.29 is 49.0 Å². The number of hydrogen-bond donors (Lipinski definition) is 5. The fourth-order valence-corrected chi connectivity index (χ4v) is 3.99. The lowest BCUT2D eigenvalue weighted by Gasteiger charge is -2.38. The minimum Gasteiger partial charge on any atom is -0.481 e. The standard InChI is InChI=1S/C23H22O11/c1-9-11(8-32-23-18(29)16(27)17(28)21(34-23)22(30)31)5-6-13-15(26)12-4-2-3-10(7-14(24)25)20(12)33-19(9)13/h2-6,16-18,21,23,27-29H,7-8H2,1H3,(H,24,25)(H,30,31)/t16-,17-,18+,21-,23?/m0/s1. The van der Waals surface area contributed by atoms with Gasteiger partial charge in [0.05, 0.1) is 23.8 Å². The van der Waals surface area contributed by atoms with Gasteiger partial charge in [-0.25, -0.2) is 4.79 Å². The summed E-state index contributed by atoms with van der Waals surface area (Å²) >= 11 is 0. The van der Waals surface area contributed by atoms with Gasteiger partial charge in [-0.3, -0.25) is 9.59 Å². The number of aliphatic hydroxyl groups excluding tert-OH is 3. The average Bonchev–Trinajstić information content (AvgIpc) is 2.78. The lowest BCUT2D eigenvalue weighted by atomic mass is 9.99. The van der Waals surface area contributed by atoms with Crippen LogP contribution in [0.1, 0.15) is 16.7 Å². The van der Waals surface area contributed by atoms with E-state index in [1.165, 1.54) is 6.07 Å². The largest absolute Gasteiger partial charge is 0.481 e. The molecule has 0 aliphatic carbocycles. The molecule has 180 valence electrons. The van der Waals surface area contributed by atoms with Crippen molar-refractivity contribution in [2.75, 3.05) is 0 Å². The molecule has 11 nitrogen and oxygen atoms in total. The molecule has 0 radical (unpaired) electrons. The molecule has 1 aromatic heterocycles. The van der Waals surface area contributed by atoms with Crippen LogP contribution in [0.3, 0.4) is 0 Å². The second kappa shape index (κ2) is 9.12. The van der Waals surface area contributed by atoms with Crippen LogP contribution in [0.2, 0.25) is 0 Å². The summed E-state index contributed by atoms with van der Waals surface area (Å²) in [7, 11) is 0. The zero-order chi connectivity index (χ0) is 24.7. The normalized spacial score (nSPS) is 25.0. The van der Waals surface area contributed by atoms with Gasteiger partial charge in [0.15, 0.2) is 12.4 Å². The van der Waals surface area contributed by atoms with Crippen molar-refractivity contribution in [3.05, 3.63) is 57.2 Å². The van der Waals surface area contributed by atoms with E-state index >= 15 is 0 Å². The number of carbonyl (C=O) groups is 2. The summed E-state index contributed by atoms with van der Waals surface area (Å²) in [5.74, 6) is -2.60. The second-order valence-corrected chi connectivity index (χ2v) is 8.07. The number of aliphatic carboxylic acids is 2. The number of aryl methyl sites for hydroxylation is 1. The van der Waals surface area contributed by atoms with E-state index in [0.29, 0.717) is 16.7 Å². The third-order valence-corrected chi connectivity index (χ3v) is 5.87. The Morgan fingerprint density at radius 1 is 0.941 bits per heavy atom. The molecule has 5 N–H and O–H groups in total. The molecule has 3 aromatic rings. The molecular weight excluding hydrogens is 452 g/mol. The van der Waals surface area contributed by atoms with E-state index in [4.69, 9.17) is 19.0 Å². The lowest BCUT2D eigenvalue weighted by Crippen LogP contribution is -2.60. The van der Waals surface area contributed by atoms with Gasteiger partial charge in [-0.2, -0.15) is 0 Å². The maximum absolute atomic E-state index is 13.0. The van der Waals surface area contributed by atoms with Crippen LogP contribution in [0.5, 0.6) is 0 Å². The predicted octanol–water partition coefficient (Wildman–Crippen LogP) is 0.291. The summed E-state index contributed by atoms with van der Waals surface area (Å²) in [6.07, 6.45) is -9.00. The van der Waals surface area contributed by atoms with Crippen LogP contribution in [-0.2, 0) is 32.1 Å². The molecule has 1 fully saturated rings. The van der Waals surface area contributed by atoms with Crippen molar-refractivity contribution in [2.45, 2.75) is 50.7 Å². The fourth-order valence-electron chi connectivity index (χ4n) is 3.99. The highest BCUT2D eigenvalue weighted by Gasteiger charge is 2.47. The fraction of sp³-hybridized carbons (Fsp3) is 0.348. The Morgan fingerprint density at radius 3 is 2.32 bits per heavy atom. The number of para-hydroxylation sites is 1. The minimum absolute atomic E-state index is 0.163. The number of ether oxygens (including phenoxy) is 2.